The summed E-state index contributed by atoms with van der Waals surface area (Å²) >= 11 is 1.37. The lowest BCUT2D eigenvalue weighted by atomic mass is 10.2. The molecule has 0 saturated heterocycles. The summed E-state index contributed by atoms with van der Waals surface area (Å²) < 4.78 is 27.6. The van der Waals surface area contributed by atoms with Crippen molar-refractivity contribution >= 4 is 43.1 Å². The summed E-state index contributed by atoms with van der Waals surface area (Å²) in [6.07, 6.45) is 2.75. The summed E-state index contributed by atoms with van der Waals surface area (Å²) in [5.41, 5.74) is 0.572. The zero-order valence-corrected chi connectivity index (χ0v) is 11.5. The van der Waals surface area contributed by atoms with Gasteiger partial charge >= 0.3 is 0 Å². The fourth-order valence-electron chi connectivity index (χ4n) is 1.39. The predicted octanol–water partition coefficient (Wildman–Crippen LogP) is 1.67. The third-order valence-electron chi connectivity index (χ3n) is 2.63. The molecule has 0 aliphatic rings. The van der Waals surface area contributed by atoms with Crippen molar-refractivity contribution in [3.63, 3.8) is 0 Å². The first kappa shape index (κ1) is 13.0. The van der Waals surface area contributed by atoms with Gasteiger partial charge < -0.3 is 5.32 Å². The maximum absolute atomic E-state index is 11.7. The summed E-state index contributed by atoms with van der Waals surface area (Å²) in [5, 5.41) is 2.45. The van der Waals surface area contributed by atoms with Gasteiger partial charge in [-0.1, -0.05) is 0 Å². The molecular formula is C11H12N2O3S2. The van der Waals surface area contributed by atoms with E-state index < -0.39 is 21.0 Å². The van der Waals surface area contributed by atoms with Crippen molar-refractivity contribution < 1.29 is 13.2 Å². The van der Waals surface area contributed by atoms with Crippen LogP contribution in [0.3, 0.4) is 0 Å². The molecule has 1 aromatic carbocycles. The summed E-state index contributed by atoms with van der Waals surface area (Å²) in [6, 6.07) is 5.34. The Morgan fingerprint density at radius 3 is 2.83 bits per heavy atom. The molecule has 0 saturated carbocycles. The SMILES string of the molecule is C[C@@H](C(=O)Nc1ccc2sncc2c1)S(C)(=O)=O. The number of carbonyl (C=O) groups excluding carboxylic acids is 1. The molecule has 0 radical (unpaired) electrons. The lowest BCUT2D eigenvalue weighted by molar-refractivity contribution is -0.115. The number of nitrogens with one attached hydrogen (secondary N) is 1. The van der Waals surface area contributed by atoms with Crippen molar-refractivity contribution in [1.82, 2.24) is 4.37 Å². The lowest BCUT2D eigenvalue weighted by Gasteiger charge is -2.10. The summed E-state index contributed by atoms with van der Waals surface area (Å²) in [4.78, 5) is 11.7. The molecule has 18 heavy (non-hydrogen) atoms. The minimum Gasteiger partial charge on any atom is -0.325 e. The van der Waals surface area contributed by atoms with Crippen molar-refractivity contribution in [2.24, 2.45) is 0 Å². The van der Waals surface area contributed by atoms with Gasteiger partial charge in [0.05, 0.1) is 4.70 Å². The van der Waals surface area contributed by atoms with E-state index in [1.807, 2.05) is 6.07 Å². The van der Waals surface area contributed by atoms with E-state index >= 15 is 0 Å². The molecular weight excluding hydrogens is 272 g/mol. The first-order chi connectivity index (χ1) is 8.38. The molecule has 0 fully saturated rings. The van der Waals surface area contributed by atoms with Gasteiger partial charge in [0.1, 0.15) is 5.25 Å². The van der Waals surface area contributed by atoms with Crippen LogP contribution < -0.4 is 5.32 Å². The van der Waals surface area contributed by atoms with Gasteiger partial charge in [0.15, 0.2) is 9.84 Å². The highest BCUT2D eigenvalue weighted by atomic mass is 32.2. The quantitative estimate of drug-likeness (QED) is 0.930. The average molecular weight is 284 g/mol. The van der Waals surface area contributed by atoms with Crippen LogP contribution in [0.5, 0.6) is 0 Å². The lowest BCUT2D eigenvalue weighted by Crippen LogP contribution is -2.31. The Morgan fingerprint density at radius 1 is 1.44 bits per heavy atom. The number of amides is 1. The fraction of sp³-hybridized carbons (Fsp3) is 0.273. The van der Waals surface area contributed by atoms with Crippen molar-refractivity contribution in [2.75, 3.05) is 11.6 Å². The second-order valence-electron chi connectivity index (χ2n) is 4.04. The molecule has 1 N–H and O–H groups in total. The van der Waals surface area contributed by atoms with Crippen molar-refractivity contribution in [3.05, 3.63) is 24.4 Å². The number of nitrogens with zero attached hydrogens (tertiary/aromatic N) is 1. The minimum atomic E-state index is -3.38. The maximum Gasteiger partial charge on any atom is 0.242 e. The monoisotopic (exact) mass is 284 g/mol. The van der Waals surface area contributed by atoms with Crippen LogP contribution in [0.2, 0.25) is 0 Å². The number of sulfone groups is 1. The molecule has 5 nitrogen and oxygen atoms in total. The fourth-order valence-corrected chi connectivity index (χ4v) is 2.46. The molecule has 1 aromatic heterocycles. The Balaban J connectivity index is 2.21. The summed E-state index contributed by atoms with van der Waals surface area (Å²) in [7, 11) is -3.38. The number of benzene rings is 1. The zero-order chi connectivity index (χ0) is 13.3. The first-order valence-corrected chi connectivity index (χ1v) is 7.95. The van der Waals surface area contributed by atoms with E-state index in [1.54, 1.807) is 18.3 Å². The number of fused-ring (bicyclic) bond motifs is 1. The molecule has 1 amide bonds. The Hall–Kier alpha value is -1.47. The van der Waals surface area contributed by atoms with Gasteiger partial charge in [0.2, 0.25) is 5.91 Å². The van der Waals surface area contributed by atoms with Gasteiger partial charge in [0.25, 0.3) is 0 Å². The van der Waals surface area contributed by atoms with E-state index in [4.69, 9.17) is 0 Å². The zero-order valence-electron chi connectivity index (χ0n) is 9.88. The highest BCUT2D eigenvalue weighted by Gasteiger charge is 2.23. The van der Waals surface area contributed by atoms with Crippen LogP contribution in [0.25, 0.3) is 10.1 Å². The molecule has 96 valence electrons. The molecule has 1 heterocycles. The molecule has 1 atom stereocenters. The number of carbonyl (C=O) groups is 1. The van der Waals surface area contributed by atoms with Gasteiger partial charge in [-0.05, 0) is 36.7 Å². The van der Waals surface area contributed by atoms with Crippen molar-refractivity contribution in [1.29, 1.82) is 0 Å². The summed E-state index contributed by atoms with van der Waals surface area (Å²) in [6.45, 7) is 1.37. The van der Waals surface area contributed by atoms with E-state index in [9.17, 15) is 13.2 Å². The largest absolute Gasteiger partial charge is 0.325 e. The predicted molar refractivity (Wildman–Crippen MR) is 72.6 cm³/mol. The second kappa shape index (κ2) is 4.66. The van der Waals surface area contributed by atoms with Crippen molar-refractivity contribution in [3.8, 4) is 0 Å². The topological polar surface area (TPSA) is 76.1 Å². The molecule has 0 bridgehead atoms. The normalized spacial score (nSPS) is 13.4. The van der Waals surface area contributed by atoms with Crippen molar-refractivity contribution in [2.45, 2.75) is 12.2 Å². The Morgan fingerprint density at radius 2 is 2.17 bits per heavy atom. The van der Waals surface area contributed by atoms with Crippen LogP contribution in [0.4, 0.5) is 5.69 Å². The van der Waals surface area contributed by atoms with Gasteiger partial charge in [-0.3, -0.25) is 4.79 Å². The summed E-state index contributed by atoms with van der Waals surface area (Å²) in [5.74, 6) is -0.528. The molecule has 0 aliphatic carbocycles. The molecule has 2 aromatic rings. The average Bonchev–Trinajstić information content (AvgIpc) is 2.73. The minimum absolute atomic E-state index is 0.528. The highest BCUT2D eigenvalue weighted by molar-refractivity contribution is 7.92. The highest BCUT2D eigenvalue weighted by Crippen LogP contribution is 2.22. The van der Waals surface area contributed by atoms with Crippen LogP contribution in [0, 0.1) is 0 Å². The third-order valence-corrected chi connectivity index (χ3v) is 4.91. The number of anilines is 1. The van der Waals surface area contributed by atoms with Crippen LogP contribution in [-0.4, -0.2) is 30.2 Å². The maximum atomic E-state index is 11.7. The number of aromatic nitrogens is 1. The van der Waals surface area contributed by atoms with Gasteiger partial charge in [-0.2, -0.15) is 4.37 Å². The Bertz CT molecular complexity index is 691. The van der Waals surface area contributed by atoms with Crippen LogP contribution in [0.1, 0.15) is 6.92 Å². The van der Waals surface area contributed by atoms with Gasteiger partial charge in [-0.15, -0.1) is 0 Å². The van der Waals surface area contributed by atoms with Crippen LogP contribution in [-0.2, 0) is 14.6 Å². The molecule has 0 aliphatic heterocycles. The van der Waals surface area contributed by atoms with E-state index in [1.165, 1.54) is 18.5 Å². The van der Waals surface area contributed by atoms with E-state index in [2.05, 4.69) is 9.69 Å². The molecule has 0 unspecified atom stereocenters. The van der Waals surface area contributed by atoms with Gasteiger partial charge in [-0.25, -0.2) is 8.42 Å². The van der Waals surface area contributed by atoms with Crippen LogP contribution in [0.15, 0.2) is 24.4 Å². The molecule has 2 rings (SSSR count). The van der Waals surface area contributed by atoms with Crippen LogP contribution >= 0.6 is 11.5 Å². The standard InChI is InChI=1S/C11H12N2O3S2/c1-7(18(2,15)16)11(14)13-9-3-4-10-8(5-9)6-12-17-10/h3-7H,1-2H3,(H,13,14)/t7-/m0/s1. The Kier molecular flexibility index (Phi) is 3.36. The Labute approximate surface area is 109 Å². The van der Waals surface area contributed by atoms with E-state index in [-0.39, 0.29) is 0 Å². The van der Waals surface area contributed by atoms with E-state index in [0.29, 0.717) is 5.69 Å². The first-order valence-electron chi connectivity index (χ1n) is 5.22. The van der Waals surface area contributed by atoms with Gasteiger partial charge in [0, 0.05) is 23.5 Å². The smallest absolute Gasteiger partial charge is 0.242 e. The number of rotatable bonds is 3. The molecule has 0 spiro atoms. The second-order valence-corrected chi connectivity index (χ2v) is 7.24. The third kappa shape index (κ3) is 2.68. The van der Waals surface area contributed by atoms with E-state index in [0.717, 1.165) is 16.3 Å². The number of hydrogen-bond acceptors (Lipinski definition) is 5. The number of hydrogen-bond donors (Lipinski definition) is 1. The molecule has 7 heteroatoms.